The van der Waals surface area contributed by atoms with Gasteiger partial charge in [0.2, 0.25) is 5.83 Å². The molecule has 0 saturated carbocycles. The molecule has 2 heterocycles. The zero-order chi connectivity index (χ0) is 20.9. The number of nitrogens with one attached hydrogen (secondary N) is 1. The summed E-state index contributed by atoms with van der Waals surface area (Å²) in [7, 11) is 0. The first-order valence-electron chi connectivity index (χ1n) is 9.03. The Balaban J connectivity index is 1.98. The molecular formula is C19H25ClFN3O4. The molecule has 0 aliphatic carbocycles. The summed E-state index contributed by atoms with van der Waals surface area (Å²) in [5.41, 5.74) is -0.210. The molecule has 1 atom stereocenters. The molecule has 1 aromatic heterocycles. The predicted molar refractivity (Wildman–Crippen MR) is 105 cm³/mol. The first-order valence-corrected chi connectivity index (χ1v) is 9.41. The van der Waals surface area contributed by atoms with Crippen LogP contribution in [0.1, 0.15) is 39.7 Å². The zero-order valence-corrected chi connectivity index (χ0v) is 17.2. The van der Waals surface area contributed by atoms with Crippen LogP contribution in [0.2, 0.25) is 5.02 Å². The van der Waals surface area contributed by atoms with Gasteiger partial charge in [0.15, 0.2) is 0 Å². The minimum atomic E-state index is -1.03. The summed E-state index contributed by atoms with van der Waals surface area (Å²) < 4.78 is 23.7. The molecule has 1 aliphatic heterocycles. The van der Waals surface area contributed by atoms with Crippen LogP contribution in [0.5, 0.6) is 0 Å². The summed E-state index contributed by atoms with van der Waals surface area (Å²) >= 11 is 6.22. The van der Waals surface area contributed by atoms with Gasteiger partial charge in [0, 0.05) is 25.3 Å². The van der Waals surface area contributed by atoms with Gasteiger partial charge in [-0.2, -0.15) is 4.39 Å². The largest absolute Gasteiger partial charge is 0.461 e. The van der Waals surface area contributed by atoms with E-state index in [1.54, 1.807) is 11.8 Å². The number of carbonyl (C=O) groups is 2. The van der Waals surface area contributed by atoms with E-state index >= 15 is 0 Å². The molecule has 28 heavy (non-hydrogen) atoms. The van der Waals surface area contributed by atoms with Crippen molar-refractivity contribution in [3.05, 3.63) is 28.7 Å². The molecular weight excluding hydrogens is 389 g/mol. The van der Waals surface area contributed by atoms with E-state index in [0.29, 0.717) is 24.5 Å². The van der Waals surface area contributed by atoms with Crippen molar-refractivity contribution in [2.75, 3.05) is 25.0 Å². The lowest BCUT2D eigenvalue weighted by molar-refractivity contribution is -0.140. The van der Waals surface area contributed by atoms with Crippen molar-refractivity contribution in [1.82, 2.24) is 9.88 Å². The molecule has 1 saturated heterocycles. The molecule has 0 aromatic carbocycles. The lowest BCUT2D eigenvalue weighted by atomic mass is 10.2. The van der Waals surface area contributed by atoms with E-state index in [4.69, 9.17) is 16.3 Å². The number of rotatable bonds is 5. The molecule has 2 rings (SSSR count). The van der Waals surface area contributed by atoms with E-state index in [1.165, 1.54) is 12.3 Å². The second-order valence-electron chi connectivity index (χ2n) is 7.37. The number of esters is 1. The van der Waals surface area contributed by atoms with E-state index in [1.807, 2.05) is 20.8 Å². The number of amides is 1. The lowest BCUT2D eigenvalue weighted by Crippen LogP contribution is -2.36. The predicted octanol–water partition coefficient (Wildman–Crippen LogP) is 4.03. The van der Waals surface area contributed by atoms with Crippen LogP contribution in [0.25, 0.3) is 6.08 Å². The van der Waals surface area contributed by atoms with Gasteiger partial charge in [-0.3, -0.25) is 0 Å². The number of hydrogen-bond acceptors (Lipinski definition) is 6. The second kappa shape index (κ2) is 9.23. The molecule has 1 aromatic rings. The highest BCUT2D eigenvalue weighted by atomic mass is 35.5. The fourth-order valence-corrected chi connectivity index (χ4v) is 2.84. The summed E-state index contributed by atoms with van der Waals surface area (Å²) in [6.45, 7) is 8.17. The van der Waals surface area contributed by atoms with Crippen LogP contribution in [0.3, 0.4) is 0 Å². The number of ether oxygens (including phenoxy) is 2. The van der Waals surface area contributed by atoms with Crippen LogP contribution < -0.4 is 5.32 Å². The zero-order valence-electron chi connectivity index (χ0n) is 16.4. The van der Waals surface area contributed by atoms with Gasteiger partial charge in [0.05, 0.1) is 11.6 Å². The summed E-state index contributed by atoms with van der Waals surface area (Å²) in [6.07, 6.45) is 2.77. The van der Waals surface area contributed by atoms with Crippen molar-refractivity contribution in [3.8, 4) is 0 Å². The van der Waals surface area contributed by atoms with Crippen LogP contribution >= 0.6 is 11.6 Å². The molecule has 0 spiro atoms. The Labute approximate surface area is 168 Å². The summed E-state index contributed by atoms with van der Waals surface area (Å²) in [4.78, 5) is 29.3. The number of likely N-dealkylation sites (tertiary alicyclic amines) is 1. The quantitative estimate of drug-likeness (QED) is 0.579. The van der Waals surface area contributed by atoms with E-state index in [9.17, 15) is 14.0 Å². The Kier molecular flexibility index (Phi) is 7.23. The number of nitrogens with zero attached hydrogens (tertiary/aromatic N) is 2. The Hall–Kier alpha value is -2.35. The molecule has 7 nitrogen and oxygen atoms in total. The minimum Gasteiger partial charge on any atom is -0.461 e. The lowest BCUT2D eigenvalue weighted by Gasteiger charge is -2.24. The van der Waals surface area contributed by atoms with Gasteiger partial charge in [-0.05, 0) is 51.8 Å². The van der Waals surface area contributed by atoms with Crippen molar-refractivity contribution in [2.24, 2.45) is 0 Å². The van der Waals surface area contributed by atoms with Crippen molar-refractivity contribution >= 4 is 35.6 Å². The van der Waals surface area contributed by atoms with Gasteiger partial charge in [-0.15, -0.1) is 0 Å². The van der Waals surface area contributed by atoms with Crippen LogP contribution in [0.15, 0.2) is 18.1 Å². The SMILES string of the molecule is CCOC(=O)/C(F)=C/c1cnc(N[C@@H]2CCN(C(=O)OC(C)(C)C)C2)c(Cl)c1. The highest BCUT2D eigenvalue weighted by molar-refractivity contribution is 6.33. The fraction of sp³-hybridized carbons (Fsp3) is 0.526. The maximum atomic E-state index is 13.7. The molecule has 1 fully saturated rings. The van der Waals surface area contributed by atoms with Crippen molar-refractivity contribution in [3.63, 3.8) is 0 Å². The number of aromatic nitrogens is 1. The number of anilines is 1. The Morgan fingerprint density at radius 1 is 1.46 bits per heavy atom. The third-order valence-electron chi connectivity index (χ3n) is 3.81. The van der Waals surface area contributed by atoms with Crippen LogP contribution in [0, 0.1) is 0 Å². The first-order chi connectivity index (χ1) is 13.1. The van der Waals surface area contributed by atoms with Crippen molar-refractivity contribution in [1.29, 1.82) is 0 Å². The van der Waals surface area contributed by atoms with Crippen LogP contribution in [-0.4, -0.2) is 53.3 Å². The summed E-state index contributed by atoms with van der Waals surface area (Å²) in [5.74, 6) is -1.63. The Morgan fingerprint density at radius 3 is 2.79 bits per heavy atom. The maximum Gasteiger partial charge on any atom is 0.410 e. The summed E-state index contributed by atoms with van der Waals surface area (Å²) in [5, 5.41) is 3.46. The van der Waals surface area contributed by atoms with Gasteiger partial charge >= 0.3 is 12.1 Å². The monoisotopic (exact) mass is 413 g/mol. The standard InChI is InChI=1S/C19H25ClFN3O4/c1-5-27-17(25)15(21)9-12-8-14(20)16(22-10-12)23-13-6-7-24(11-13)18(26)28-19(2,3)4/h8-10,13H,5-7,11H2,1-4H3,(H,22,23)/b15-9-/t13-/m1/s1. The average molecular weight is 414 g/mol. The summed E-state index contributed by atoms with van der Waals surface area (Å²) in [6, 6.07) is 1.46. The molecule has 0 unspecified atom stereocenters. The third-order valence-corrected chi connectivity index (χ3v) is 4.10. The van der Waals surface area contributed by atoms with Gasteiger partial charge < -0.3 is 19.7 Å². The molecule has 1 N–H and O–H groups in total. The molecule has 1 aliphatic rings. The van der Waals surface area contributed by atoms with Crippen molar-refractivity contribution < 1.29 is 23.5 Å². The smallest absolute Gasteiger partial charge is 0.410 e. The minimum absolute atomic E-state index is 0.0322. The van der Waals surface area contributed by atoms with Gasteiger partial charge in [-0.25, -0.2) is 14.6 Å². The molecule has 1 amide bonds. The molecule has 0 radical (unpaired) electrons. The van der Waals surface area contributed by atoms with Crippen molar-refractivity contribution in [2.45, 2.75) is 45.8 Å². The van der Waals surface area contributed by atoms with E-state index < -0.39 is 17.4 Å². The highest BCUT2D eigenvalue weighted by Gasteiger charge is 2.30. The highest BCUT2D eigenvalue weighted by Crippen LogP contribution is 2.25. The molecule has 0 bridgehead atoms. The Morgan fingerprint density at radius 2 is 2.18 bits per heavy atom. The number of halogens is 2. The van der Waals surface area contributed by atoms with E-state index in [2.05, 4.69) is 15.0 Å². The molecule has 154 valence electrons. The second-order valence-corrected chi connectivity index (χ2v) is 7.78. The average Bonchev–Trinajstić information content (AvgIpc) is 3.05. The van der Waals surface area contributed by atoms with Gasteiger partial charge in [-0.1, -0.05) is 11.6 Å². The van der Waals surface area contributed by atoms with E-state index in [0.717, 1.165) is 12.5 Å². The van der Waals surface area contributed by atoms with Crippen LogP contribution in [-0.2, 0) is 14.3 Å². The van der Waals surface area contributed by atoms with Crippen LogP contribution in [0.4, 0.5) is 15.0 Å². The van der Waals surface area contributed by atoms with Gasteiger partial charge in [0.1, 0.15) is 11.4 Å². The van der Waals surface area contributed by atoms with Gasteiger partial charge in [0.25, 0.3) is 0 Å². The normalized spacial score (nSPS) is 17.4. The third kappa shape index (κ3) is 6.37. The van der Waals surface area contributed by atoms with E-state index in [-0.39, 0.29) is 23.8 Å². The Bertz CT molecular complexity index is 764. The number of carbonyl (C=O) groups excluding carboxylic acids is 2. The molecule has 9 heteroatoms. The fourth-order valence-electron chi connectivity index (χ4n) is 2.61. The maximum absolute atomic E-state index is 13.7. The number of pyridine rings is 1. The first kappa shape index (κ1) is 21.9. The number of hydrogen-bond donors (Lipinski definition) is 1. The topological polar surface area (TPSA) is 80.8 Å².